The van der Waals surface area contributed by atoms with E-state index in [9.17, 15) is 18.0 Å². The average molecular weight is 342 g/mol. The third-order valence-corrected chi connectivity index (χ3v) is 4.73. The smallest absolute Gasteiger partial charge is 0.343 e. The third kappa shape index (κ3) is 5.23. The Balaban J connectivity index is 1.78. The van der Waals surface area contributed by atoms with Crippen molar-refractivity contribution in [1.29, 1.82) is 0 Å². The van der Waals surface area contributed by atoms with Crippen molar-refractivity contribution in [3.8, 4) is 0 Å². The van der Waals surface area contributed by atoms with E-state index in [0.717, 1.165) is 50.5 Å². The highest BCUT2D eigenvalue weighted by Crippen LogP contribution is 2.31. The van der Waals surface area contributed by atoms with E-state index >= 15 is 0 Å². The number of halogens is 3. The van der Waals surface area contributed by atoms with Gasteiger partial charge < -0.3 is 10.2 Å². The van der Waals surface area contributed by atoms with Crippen LogP contribution in [0.25, 0.3) is 0 Å². The van der Waals surface area contributed by atoms with Gasteiger partial charge in [0.05, 0.1) is 5.56 Å². The molecular weight excluding hydrogens is 317 g/mol. The van der Waals surface area contributed by atoms with E-state index in [0.29, 0.717) is 6.04 Å². The summed E-state index contributed by atoms with van der Waals surface area (Å²) in [6, 6.07) is 5.97. The number of likely N-dealkylation sites (tertiary alicyclic amines) is 1. The molecule has 1 heterocycles. The second kappa shape index (κ2) is 8.01. The molecule has 1 aliphatic heterocycles. The maximum Gasteiger partial charge on any atom is 0.416 e. The molecule has 1 N–H and O–H groups in total. The standard InChI is InChI=1S/C18H25F3N2O/c1-13(15-4-3-5-16(12-15)18(19,20)21)6-9-22-17-7-10-23(11-8-17)14(2)24/h3-5,12-13,17,22H,6-11H2,1-2H3/t13-/m0/s1. The van der Waals surface area contributed by atoms with Gasteiger partial charge >= 0.3 is 6.18 Å². The van der Waals surface area contributed by atoms with Crippen LogP contribution in [-0.2, 0) is 11.0 Å². The molecule has 0 aromatic heterocycles. The molecule has 0 saturated carbocycles. The Bertz CT molecular complexity index is 551. The highest BCUT2D eigenvalue weighted by Gasteiger charge is 2.30. The Morgan fingerprint density at radius 2 is 2.00 bits per heavy atom. The Kier molecular flexibility index (Phi) is 6.27. The molecule has 0 unspecified atom stereocenters. The van der Waals surface area contributed by atoms with Gasteiger partial charge in [0.2, 0.25) is 5.91 Å². The number of nitrogens with one attached hydrogen (secondary N) is 1. The fourth-order valence-electron chi connectivity index (χ4n) is 3.09. The van der Waals surface area contributed by atoms with E-state index in [4.69, 9.17) is 0 Å². The maximum absolute atomic E-state index is 12.8. The van der Waals surface area contributed by atoms with Crippen LogP contribution in [0, 0.1) is 0 Å². The Morgan fingerprint density at radius 3 is 2.58 bits per heavy atom. The molecule has 1 amide bonds. The first-order valence-electron chi connectivity index (χ1n) is 8.43. The zero-order chi connectivity index (χ0) is 17.7. The summed E-state index contributed by atoms with van der Waals surface area (Å²) in [6.07, 6.45) is -1.65. The molecule has 1 aliphatic rings. The molecule has 1 fully saturated rings. The van der Waals surface area contributed by atoms with Gasteiger partial charge in [-0.1, -0.05) is 25.1 Å². The monoisotopic (exact) mass is 342 g/mol. The van der Waals surface area contributed by atoms with Crippen molar-refractivity contribution in [2.75, 3.05) is 19.6 Å². The molecule has 1 saturated heterocycles. The number of hydrogen-bond acceptors (Lipinski definition) is 2. The summed E-state index contributed by atoms with van der Waals surface area (Å²) in [4.78, 5) is 13.1. The third-order valence-electron chi connectivity index (χ3n) is 4.73. The molecule has 0 spiro atoms. The van der Waals surface area contributed by atoms with Crippen molar-refractivity contribution in [1.82, 2.24) is 10.2 Å². The first kappa shape index (κ1) is 18.8. The minimum Gasteiger partial charge on any atom is -0.343 e. The van der Waals surface area contributed by atoms with Gasteiger partial charge in [0.15, 0.2) is 0 Å². The molecule has 1 aromatic carbocycles. The number of rotatable bonds is 5. The van der Waals surface area contributed by atoms with Crippen molar-refractivity contribution in [2.45, 2.75) is 51.2 Å². The van der Waals surface area contributed by atoms with Crippen molar-refractivity contribution >= 4 is 5.91 Å². The van der Waals surface area contributed by atoms with Gasteiger partial charge in [0.1, 0.15) is 0 Å². The topological polar surface area (TPSA) is 32.3 Å². The highest BCUT2D eigenvalue weighted by atomic mass is 19.4. The number of benzene rings is 1. The minimum absolute atomic E-state index is 0.0668. The van der Waals surface area contributed by atoms with Crippen LogP contribution >= 0.6 is 0 Å². The van der Waals surface area contributed by atoms with Crippen molar-refractivity contribution < 1.29 is 18.0 Å². The lowest BCUT2D eigenvalue weighted by Crippen LogP contribution is -2.44. The molecular formula is C18H25F3N2O. The molecule has 2 rings (SSSR count). The molecule has 1 aromatic rings. The molecule has 134 valence electrons. The molecule has 3 nitrogen and oxygen atoms in total. The number of piperidine rings is 1. The molecule has 6 heteroatoms. The number of nitrogens with zero attached hydrogens (tertiary/aromatic N) is 1. The molecule has 24 heavy (non-hydrogen) atoms. The van der Waals surface area contributed by atoms with Gasteiger partial charge in [0, 0.05) is 26.1 Å². The number of carbonyl (C=O) groups is 1. The number of hydrogen-bond donors (Lipinski definition) is 1. The lowest BCUT2D eigenvalue weighted by Gasteiger charge is -2.32. The summed E-state index contributed by atoms with van der Waals surface area (Å²) in [6.45, 7) is 5.86. The van der Waals surface area contributed by atoms with Gasteiger partial charge in [-0.05, 0) is 43.4 Å². The van der Waals surface area contributed by atoms with Crippen molar-refractivity contribution in [2.24, 2.45) is 0 Å². The number of amides is 1. The quantitative estimate of drug-likeness (QED) is 0.883. The van der Waals surface area contributed by atoms with E-state index in [1.165, 1.54) is 12.1 Å². The zero-order valence-electron chi connectivity index (χ0n) is 14.2. The van der Waals surface area contributed by atoms with Gasteiger partial charge in [-0.25, -0.2) is 0 Å². The van der Waals surface area contributed by atoms with Crippen LogP contribution in [0.5, 0.6) is 0 Å². The van der Waals surface area contributed by atoms with E-state index in [2.05, 4.69) is 5.32 Å². The van der Waals surface area contributed by atoms with Crippen molar-refractivity contribution in [3.05, 3.63) is 35.4 Å². The van der Waals surface area contributed by atoms with Gasteiger partial charge in [-0.15, -0.1) is 0 Å². The number of alkyl halides is 3. The van der Waals surface area contributed by atoms with E-state index in [1.54, 1.807) is 13.0 Å². The Labute approximate surface area is 141 Å². The van der Waals surface area contributed by atoms with E-state index in [-0.39, 0.29) is 11.8 Å². The SMILES string of the molecule is CC(=O)N1CCC(NCC[C@H](C)c2cccc(C(F)(F)F)c2)CC1. The lowest BCUT2D eigenvalue weighted by molar-refractivity contribution is -0.137. The molecule has 0 aliphatic carbocycles. The first-order valence-corrected chi connectivity index (χ1v) is 8.43. The molecule has 0 radical (unpaired) electrons. The van der Waals surface area contributed by atoms with Crippen LogP contribution < -0.4 is 5.32 Å². The predicted molar refractivity (Wildman–Crippen MR) is 87.8 cm³/mol. The molecule has 0 bridgehead atoms. The summed E-state index contributed by atoms with van der Waals surface area (Å²) in [7, 11) is 0. The second-order valence-corrected chi connectivity index (χ2v) is 6.55. The predicted octanol–water partition coefficient (Wildman–Crippen LogP) is 3.80. The zero-order valence-corrected chi connectivity index (χ0v) is 14.2. The Morgan fingerprint density at radius 1 is 1.33 bits per heavy atom. The van der Waals surface area contributed by atoms with Gasteiger partial charge in [-0.2, -0.15) is 13.2 Å². The summed E-state index contributed by atoms with van der Waals surface area (Å²) >= 11 is 0. The van der Waals surface area contributed by atoms with Crippen LogP contribution in [0.2, 0.25) is 0 Å². The summed E-state index contributed by atoms with van der Waals surface area (Å²) in [5.74, 6) is 0.184. The summed E-state index contributed by atoms with van der Waals surface area (Å²) in [5.41, 5.74) is 0.134. The van der Waals surface area contributed by atoms with Gasteiger partial charge in [0.25, 0.3) is 0 Å². The van der Waals surface area contributed by atoms with Crippen molar-refractivity contribution in [3.63, 3.8) is 0 Å². The second-order valence-electron chi connectivity index (χ2n) is 6.55. The first-order chi connectivity index (χ1) is 11.3. The summed E-state index contributed by atoms with van der Waals surface area (Å²) < 4.78 is 38.3. The summed E-state index contributed by atoms with van der Waals surface area (Å²) in [5, 5.41) is 3.47. The largest absolute Gasteiger partial charge is 0.416 e. The van der Waals surface area contributed by atoms with Crippen LogP contribution in [0.3, 0.4) is 0 Å². The normalized spacial score (nSPS) is 17.8. The van der Waals surface area contributed by atoms with E-state index < -0.39 is 11.7 Å². The van der Waals surface area contributed by atoms with Crippen LogP contribution in [0.15, 0.2) is 24.3 Å². The fraction of sp³-hybridized carbons (Fsp3) is 0.611. The fourth-order valence-corrected chi connectivity index (χ4v) is 3.09. The number of carbonyl (C=O) groups excluding carboxylic acids is 1. The average Bonchev–Trinajstić information content (AvgIpc) is 2.54. The lowest BCUT2D eigenvalue weighted by atomic mass is 9.95. The van der Waals surface area contributed by atoms with Crippen LogP contribution in [-0.4, -0.2) is 36.5 Å². The van der Waals surface area contributed by atoms with Gasteiger partial charge in [-0.3, -0.25) is 4.79 Å². The Hall–Kier alpha value is -1.56. The highest BCUT2D eigenvalue weighted by molar-refractivity contribution is 5.73. The van der Waals surface area contributed by atoms with Crippen LogP contribution in [0.4, 0.5) is 13.2 Å². The van der Waals surface area contributed by atoms with E-state index in [1.807, 2.05) is 11.8 Å². The minimum atomic E-state index is -4.29. The maximum atomic E-state index is 12.8. The molecule has 1 atom stereocenters. The van der Waals surface area contributed by atoms with Crippen LogP contribution in [0.1, 0.15) is 50.2 Å².